The van der Waals surface area contributed by atoms with Gasteiger partial charge in [0.1, 0.15) is 0 Å². The van der Waals surface area contributed by atoms with Crippen molar-refractivity contribution in [2.24, 2.45) is 0 Å². The van der Waals surface area contributed by atoms with Gasteiger partial charge >= 0.3 is 6.09 Å². The number of hydrogen-bond donors (Lipinski definition) is 2. The molecule has 1 aromatic heterocycles. The fourth-order valence-electron chi connectivity index (χ4n) is 2.92. The predicted molar refractivity (Wildman–Crippen MR) is 103 cm³/mol. The van der Waals surface area contributed by atoms with Crippen molar-refractivity contribution in [3.63, 3.8) is 0 Å². The summed E-state index contributed by atoms with van der Waals surface area (Å²) in [4.78, 5) is 11.4. The van der Waals surface area contributed by atoms with E-state index in [0.717, 1.165) is 15.6 Å². The highest BCUT2D eigenvalue weighted by molar-refractivity contribution is 9.10. The summed E-state index contributed by atoms with van der Waals surface area (Å²) in [5, 5.41) is 24.9. The summed E-state index contributed by atoms with van der Waals surface area (Å²) in [7, 11) is 0. The standard InChI is InChI=1S/C20H16BrN3O3/c1-12-18(19(27-24-12)15-6-8-16(21)9-7-15)17(23-20(25)26)10-13-2-4-14(11-22)5-3-13/h2-9,17,23H,10H2,1H3,(H,25,26)/t17-/m1/s1. The van der Waals surface area contributed by atoms with Gasteiger partial charge in [0, 0.05) is 15.6 Å². The van der Waals surface area contributed by atoms with E-state index in [1.54, 1.807) is 19.1 Å². The molecule has 2 N–H and O–H groups in total. The van der Waals surface area contributed by atoms with Crippen LogP contribution in [0.2, 0.25) is 0 Å². The highest BCUT2D eigenvalue weighted by Gasteiger charge is 2.25. The molecular formula is C20H16BrN3O3. The number of aromatic nitrogens is 1. The Morgan fingerprint density at radius 2 is 1.93 bits per heavy atom. The highest BCUT2D eigenvalue weighted by atomic mass is 79.9. The molecule has 0 aliphatic carbocycles. The molecule has 0 aliphatic rings. The van der Waals surface area contributed by atoms with Crippen LogP contribution in [-0.2, 0) is 6.42 Å². The number of carboxylic acid groups (broad SMARTS) is 1. The fraction of sp³-hybridized carbons (Fsp3) is 0.150. The predicted octanol–water partition coefficient (Wildman–Crippen LogP) is 4.84. The van der Waals surface area contributed by atoms with Crippen LogP contribution in [0.25, 0.3) is 11.3 Å². The highest BCUT2D eigenvalue weighted by Crippen LogP contribution is 2.33. The zero-order chi connectivity index (χ0) is 19.4. The molecule has 0 spiro atoms. The molecule has 0 unspecified atom stereocenters. The first-order chi connectivity index (χ1) is 13.0. The maximum absolute atomic E-state index is 11.4. The van der Waals surface area contributed by atoms with Gasteiger partial charge in [-0.2, -0.15) is 5.26 Å². The summed E-state index contributed by atoms with van der Waals surface area (Å²) in [6.45, 7) is 1.79. The lowest BCUT2D eigenvalue weighted by Crippen LogP contribution is -2.29. The smallest absolute Gasteiger partial charge is 0.405 e. The number of benzene rings is 2. The number of carbonyl (C=O) groups is 1. The molecule has 7 heteroatoms. The first kappa shape index (κ1) is 18.7. The summed E-state index contributed by atoms with van der Waals surface area (Å²) in [5.74, 6) is 0.535. The van der Waals surface area contributed by atoms with Crippen LogP contribution in [0.1, 0.15) is 28.4 Å². The van der Waals surface area contributed by atoms with E-state index in [1.165, 1.54) is 0 Å². The second kappa shape index (κ2) is 8.06. The van der Waals surface area contributed by atoms with Gasteiger partial charge in [0.15, 0.2) is 5.76 Å². The Balaban J connectivity index is 1.99. The summed E-state index contributed by atoms with van der Waals surface area (Å²) < 4.78 is 6.45. The van der Waals surface area contributed by atoms with Crippen molar-refractivity contribution in [1.82, 2.24) is 10.5 Å². The Bertz CT molecular complexity index is 989. The van der Waals surface area contributed by atoms with Crippen molar-refractivity contribution in [2.45, 2.75) is 19.4 Å². The van der Waals surface area contributed by atoms with E-state index < -0.39 is 12.1 Å². The molecule has 0 bridgehead atoms. The van der Waals surface area contributed by atoms with Crippen molar-refractivity contribution in [2.75, 3.05) is 0 Å². The molecule has 6 nitrogen and oxygen atoms in total. The molecule has 136 valence electrons. The monoisotopic (exact) mass is 425 g/mol. The van der Waals surface area contributed by atoms with Crippen molar-refractivity contribution < 1.29 is 14.4 Å². The molecule has 1 amide bonds. The number of nitriles is 1. The van der Waals surface area contributed by atoms with Gasteiger partial charge in [0.05, 0.1) is 23.4 Å². The van der Waals surface area contributed by atoms with Gasteiger partial charge in [-0.3, -0.25) is 0 Å². The Kier molecular flexibility index (Phi) is 5.57. The van der Waals surface area contributed by atoms with Crippen LogP contribution in [0.4, 0.5) is 4.79 Å². The molecule has 2 aromatic carbocycles. The molecule has 0 radical (unpaired) electrons. The summed E-state index contributed by atoms with van der Waals surface area (Å²) in [5.41, 5.74) is 3.59. The first-order valence-corrected chi connectivity index (χ1v) is 8.98. The van der Waals surface area contributed by atoms with E-state index in [1.807, 2.05) is 36.4 Å². The minimum Gasteiger partial charge on any atom is -0.465 e. The normalized spacial score (nSPS) is 11.6. The molecule has 1 atom stereocenters. The van der Waals surface area contributed by atoms with Gasteiger partial charge in [-0.05, 0) is 43.2 Å². The molecule has 0 fully saturated rings. The molecule has 3 aromatic rings. The maximum Gasteiger partial charge on any atom is 0.405 e. The quantitative estimate of drug-likeness (QED) is 0.609. The van der Waals surface area contributed by atoms with E-state index in [0.29, 0.717) is 29.0 Å². The van der Waals surface area contributed by atoms with Crippen molar-refractivity contribution >= 4 is 22.0 Å². The number of nitrogens with one attached hydrogen (secondary N) is 1. The second-order valence-electron chi connectivity index (χ2n) is 6.03. The van der Waals surface area contributed by atoms with E-state index in [-0.39, 0.29) is 0 Å². The molecule has 0 saturated carbocycles. The number of nitrogens with zero attached hydrogens (tertiary/aromatic N) is 2. The average Bonchev–Trinajstić information content (AvgIpc) is 3.03. The van der Waals surface area contributed by atoms with Crippen LogP contribution >= 0.6 is 15.9 Å². The minimum atomic E-state index is -1.13. The van der Waals surface area contributed by atoms with Crippen LogP contribution in [0, 0.1) is 18.3 Å². The largest absolute Gasteiger partial charge is 0.465 e. The molecular weight excluding hydrogens is 410 g/mol. The maximum atomic E-state index is 11.4. The van der Waals surface area contributed by atoms with Crippen LogP contribution in [0.15, 0.2) is 57.5 Å². The first-order valence-electron chi connectivity index (χ1n) is 8.18. The van der Waals surface area contributed by atoms with Crippen molar-refractivity contribution in [3.05, 3.63) is 75.4 Å². The Hall–Kier alpha value is -3.11. The van der Waals surface area contributed by atoms with Gasteiger partial charge in [0.25, 0.3) is 0 Å². The molecule has 3 rings (SSSR count). The fourth-order valence-corrected chi connectivity index (χ4v) is 3.19. The number of halogens is 1. The lowest BCUT2D eigenvalue weighted by Gasteiger charge is -2.18. The second-order valence-corrected chi connectivity index (χ2v) is 6.95. The van der Waals surface area contributed by atoms with Gasteiger partial charge < -0.3 is 14.9 Å². The molecule has 1 heterocycles. The number of amides is 1. The minimum absolute atomic E-state index is 0.406. The summed E-state index contributed by atoms with van der Waals surface area (Å²) in [6.07, 6.45) is -0.722. The van der Waals surface area contributed by atoms with Crippen molar-refractivity contribution in [1.29, 1.82) is 5.26 Å². The number of aryl methyl sites for hydroxylation is 1. The molecule has 0 aliphatic heterocycles. The zero-order valence-electron chi connectivity index (χ0n) is 14.4. The zero-order valence-corrected chi connectivity index (χ0v) is 16.0. The molecule has 27 heavy (non-hydrogen) atoms. The summed E-state index contributed by atoms with van der Waals surface area (Å²) >= 11 is 3.40. The van der Waals surface area contributed by atoms with Crippen LogP contribution in [0.3, 0.4) is 0 Å². The summed E-state index contributed by atoms with van der Waals surface area (Å²) in [6, 6.07) is 16.1. The van der Waals surface area contributed by atoms with Crippen LogP contribution in [-0.4, -0.2) is 16.4 Å². The van der Waals surface area contributed by atoms with Gasteiger partial charge in [-0.15, -0.1) is 0 Å². The topological polar surface area (TPSA) is 99.2 Å². The van der Waals surface area contributed by atoms with Crippen LogP contribution < -0.4 is 5.32 Å². The number of hydrogen-bond acceptors (Lipinski definition) is 4. The van der Waals surface area contributed by atoms with Gasteiger partial charge in [-0.25, -0.2) is 4.79 Å². The van der Waals surface area contributed by atoms with E-state index >= 15 is 0 Å². The SMILES string of the molecule is Cc1noc(-c2ccc(Br)cc2)c1[C@@H](Cc1ccc(C#N)cc1)NC(=O)O. The Morgan fingerprint density at radius 3 is 2.52 bits per heavy atom. The third-order valence-corrected chi connectivity index (χ3v) is 4.71. The van der Waals surface area contributed by atoms with Crippen LogP contribution in [0.5, 0.6) is 0 Å². The van der Waals surface area contributed by atoms with Crippen molar-refractivity contribution in [3.8, 4) is 17.4 Å². The number of rotatable bonds is 5. The lowest BCUT2D eigenvalue weighted by atomic mass is 9.94. The lowest BCUT2D eigenvalue weighted by molar-refractivity contribution is 0.190. The Labute approximate surface area is 164 Å². The average molecular weight is 426 g/mol. The third-order valence-electron chi connectivity index (χ3n) is 4.18. The van der Waals surface area contributed by atoms with E-state index in [9.17, 15) is 9.90 Å². The van der Waals surface area contributed by atoms with E-state index in [4.69, 9.17) is 9.78 Å². The molecule has 0 saturated heterocycles. The van der Waals surface area contributed by atoms with Gasteiger partial charge in [-0.1, -0.05) is 45.4 Å². The third kappa shape index (κ3) is 4.36. The van der Waals surface area contributed by atoms with E-state index in [2.05, 4.69) is 32.5 Å². The van der Waals surface area contributed by atoms with Gasteiger partial charge in [0.2, 0.25) is 0 Å². The Morgan fingerprint density at radius 1 is 1.26 bits per heavy atom.